The summed E-state index contributed by atoms with van der Waals surface area (Å²) >= 11 is 0. The van der Waals surface area contributed by atoms with Crippen molar-refractivity contribution in [2.45, 2.75) is 32.7 Å². The molecule has 1 atom stereocenters. The van der Waals surface area contributed by atoms with E-state index < -0.39 is 0 Å². The van der Waals surface area contributed by atoms with Crippen LogP contribution in [0, 0.1) is 13.8 Å². The SMILES string of the molecule is CNC(CCc1ccc(OC)cc1)c1ccc(C)c(C)c1. The van der Waals surface area contributed by atoms with Crippen molar-refractivity contribution in [3.63, 3.8) is 0 Å². The second-order valence-corrected chi connectivity index (χ2v) is 5.57. The average Bonchev–Trinajstić information content (AvgIpc) is 2.52. The van der Waals surface area contributed by atoms with Gasteiger partial charge in [-0.05, 0) is 68.1 Å². The van der Waals surface area contributed by atoms with Crippen molar-refractivity contribution >= 4 is 0 Å². The molecule has 0 aliphatic carbocycles. The molecule has 0 saturated carbocycles. The second-order valence-electron chi connectivity index (χ2n) is 5.57. The summed E-state index contributed by atoms with van der Waals surface area (Å²) < 4.78 is 5.20. The van der Waals surface area contributed by atoms with Crippen LogP contribution in [0.4, 0.5) is 0 Å². The van der Waals surface area contributed by atoms with Crippen molar-refractivity contribution in [3.05, 3.63) is 64.7 Å². The average molecular weight is 283 g/mol. The van der Waals surface area contributed by atoms with Gasteiger partial charge in [0.15, 0.2) is 0 Å². The highest BCUT2D eigenvalue weighted by Gasteiger charge is 2.10. The minimum Gasteiger partial charge on any atom is -0.497 e. The van der Waals surface area contributed by atoms with Gasteiger partial charge in [-0.25, -0.2) is 0 Å². The van der Waals surface area contributed by atoms with E-state index in [2.05, 4.69) is 49.5 Å². The summed E-state index contributed by atoms with van der Waals surface area (Å²) in [5.41, 5.74) is 5.43. The maximum atomic E-state index is 5.20. The molecule has 112 valence electrons. The molecule has 0 saturated heterocycles. The van der Waals surface area contributed by atoms with Gasteiger partial charge in [0.1, 0.15) is 5.75 Å². The van der Waals surface area contributed by atoms with Gasteiger partial charge in [-0.1, -0.05) is 30.3 Å². The Balaban J connectivity index is 2.02. The summed E-state index contributed by atoms with van der Waals surface area (Å²) in [6.45, 7) is 4.33. The van der Waals surface area contributed by atoms with Gasteiger partial charge in [-0.3, -0.25) is 0 Å². The van der Waals surface area contributed by atoms with Crippen LogP contribution in [0.2, 0.25) is 0 Å². The lowest BCUT2D eigenvalue weighted by Gasteiger charge is -2.18. The zero-order valence-electron chi connectivity index (χ0n) is 13.4. The fourth-order valence-electron chi connectivity index (χ4n) is 2.56. The number of benzene rings is 2. The third-order valence-corrected chi connectivity index (χ3v) is 4.16. The molecule has 0 fully saturated rings. The highest BCUT2D eigenvalue weighted by atomic mass is 16.5. The van der Waals surface area contributed by atoms with E-state index in [1.807, 2.05) is 19.2 Å². The molecular weight excluding hydrogens is 258 g/mol. The Morgan fingerprint density at radius 3 is 2.29 bits per heavy atom. The fourth-order valence-corrected chi connectivity index (χ4v) is 2.56. The molecule has 1 unspecified atom stereocenters. The maximum Gasteiger partial charge on any atom is 0.118 e. The number of rotatable bonds is 6. The minimum absolute atomic E-state index is 0.395. The molecular formula is C19H25NO. The van der Waals surface area contributed by atoms with Crippen LogP contribution in [-0.2, 0) is 6.42 Å². The first-order valence-electron chi connectivity index (χ1n) is 7.51. The number of hydrogen-bond donors (Lipinski definition) is 1. The summed E-state index contributed by atoms with van der Waals surface area (Å²) in [7, 11) is 3.74. The highest BCUT2D eigenvalue weighted by molar-refractivity contribution is 5.32. The van der Waals surface area contributed by atoms with Crippen molar-refractivity contribution < 1.29 is 4.74 Å². The van der Waals surface area contributed by atoms with E-state index in [0.717, 1.165) is 18.6 Å². The quantitative estimate of drug-likeness (QED) is 0.857. The number of hydrogen-bond acceptors (Lipinski definition) is 2. The van der Waals surface area contributed by atoms with Crippen molar-refractivity contribution in [2.24, 2.45) is 0 Å². The monoisotopic (exact) mass is 283 g/mol. The minimum atomic E-state index is 0.395. The van der Waals surface area contributed by atoms with Crippen LogP contribution in [0.15, 0.2) is 42.5 Å². The van der Waals surface area contributed by atoms with E-state index in [0.29, 0.717) is 6.04 Å². The molecule has 2 aromatic rings. The number of nitrogens with one attached hydrogen (secondary N) is 1. The van der Waals surface area contributed by atoms with E-state index in [9.17, 15) is 0 Å². The third kappa shape index (κ3) is 4.08. The van der Waals surface area contributed by atoms with Crippen molar-refractivity contribution in [3.8, 4) is 5.75 Å². The van der Waals surface area contributed by atoms with Gasteiger partial charge in [0.05, 0.1) is 7.11 Å². The largest absolute Gasteiger partial charge is 0.497 e. The lowest BCUT2D eigenvalue weighted by Crippen LogP contribution is -2.17. The molecule has 2 heteroatoms. The molecule has 2 aromatic carbocycles. The summed E-state index contributed by atoms with van der Waals surface area (Å²) in [6.07, 6.45) is 2.15. The van der Waals surface area contributed by atoms with E-state index in [1.54, 1.807) is 7.11 Å². The fraction of sp³-hybridized carbons (Fsp3) is 0.368. The Kier molecular flexibility index (Phi) is 5.40. The van der Waals surface area contributed by atoms with Gasteiger partial charge < -0.3 is 10.1 Å². The van der Waals surface area contributed by atoms with Crippen molar-refractivity contribution in [1.29, 1.82) is 0 Å². The predicted molar refractivity (Wildman–Crippen MR) is 89.0 cm³/mol. The molecule has 0 aliphatic rings. The molecule has 2 rings (SSSR count). The van der Waals surface area contributed by atoms with Gasteiger partial charge in [-0.2, -0.15) is 0 Å². The zero-order chi connectivity index (χ0) is 15.2. The summed E-state index contributed by atoms with van der Waals surface area (Å²) in [5, 5.41) is 3.43. The van der Waals surface area contributed by atoms with E-state index >= 15 is 0 Å². The van der Waals surface area contributed by atoms with Gasteiger partial charge in [0, 0.05) is 6.04 Å². The smallest absolute Gasteiger partial charge is 0.118 e. The first-order valence-corrected chi connectivity index (χ1v) is 7.51. The van der Waals surface area contributed by atoms with E-state index in [1.165, 1.54) is 22.3 Å². The topological polar surface area (TPSA) is 21.3 Å². The molecule has 0 spiro atoms. The summed E-state index contributed by atoms with van der Waals surface area (Å²) in [4.78, 5) is 0. The molecule has 0 heterocycles. The molecule has 21 heavy (non-hydrogen) atoms. The van der Waals surface area contributed by atoms with Crippen LogP contribution in [0.5, 0.6) is 5.75 Å². The Labute approximate surface area is 128 Å². The van der Waals surface area contributed by atoms with E-state index in [-0.39, 0.29) is 0 Å². The van der Waals surface area contributed by atoms with Gasteiger partial charge in [0.2, 0.25) is 0 Å². The Bertz CT molecular complexity index is 575. The van der Waals surface area contributed by atoms with Gasteiger partial charge in [0.25, 0.3) is 0 Å². The molecule has 1 N–H and O–H groups in total. The lowest BCUT2D eigenvalue weighted by atomic mass is 9.96. The molecule has 0 aliphatic heterocycles. The molecule has 0 radical (unpaired) electrons. The Morgan fingerprint density at radius 2 is 1.71 bits per heavy atom. The van der Waals surface area contributed by atoms with Gasteiger partial charge >= 0.3 is 0 Å². The van der Waals surface area contributed by atoms with Crippen LogP contribution in [0.25, 0.3) is 0 Å². The predicted octanol–water partition coefficient (Wildman–Crippen LogP) is 4.21. The summed E-state index contributed by atoms with van der Waals surface area (Å²) in [6, 6.07) is 15.5. The Hall–Kier alpha value is -1.80. The molecule has 0 aromatic heterocycles. The van der Waals surface area contributed by atoms with Crippen LogP contribution in [-0.4, -0.2) is 14.2 Å². The first-order chi connectivity index (χ1) is 10.1. The first kappa shape index (κ1) is 15.6. The van der Waals surface area contributed by atoms with Crippen LogP contribution >= 0.6 is 0 Å². The van der Waals surface area contributed by atoms with Crippen LogP contribution in [0.3, 0.4) is 0 Å². The highest BCUT2D eigenvalue weighted by Crippen LogP contribution is 2.22. The Morgan fingerprint density at radius 1 is 1.00 bits per heavy atom. The molecule has 0 bridgehead atoms. The zero-order valence-corrected chi connectivity index (χ0v) is 13.4. The lowest BCUT2D eigenvalue weighted by molar-refractivity contribution is 0.414. The number of aryl methyl sites for hydroxylation is 3. The molecule has 0 amide bonds. The molecule has 2 nitrogen and oxygen atoms in total. The number of methoxy groups -OCH3 is 1. The van der Waals surface area contributed by atoms with Crippen molar-refractivity contribution in [1.82, 2.24) is 5.32 Å². The number of ether oxygens (including phenoxy) is 1. The van der Waals surface area contributed by atoms with Crippen molar-refractivity contribution in [2.75, 3.05) is 14.2 Å². The van der Waals surface area contributed by atoms with Crippen LogP contribution < -0.4 is 10.1 Å². The third-order valence-electron chi connectivity index (χ3n) is 4.16. The maximum absolute atomic E-state index is 5.20. The second kappa shape index (κ2) is 7.28. The summed E-state index contributed by atoms with van der Waals surface area (Å²) in [5.74, 6) is 0.915. The van der Waals surface area contributed by atoms with Crippen LogP contribution in [0.1, 0.15) is 34.7 Å². The standard InChI is InChI=1S/C19H25NO/c1-14-5-9-17(13-15(14)2)19(20-3)12-8-16-6-10-18(21-4)11-7-16/h5-7,9-11,13,19-20H,8,12H2,1-4H3. The normalized spacial score (nSPS) is 12.2. The van der Waals surface area contributed by atoms with E-state index in [4.69, 9.17) is 4.74 Å². The van der Waals surface area contributed by atoms with Gasteiger partial charge in [-0.15, -0.1) is 0 Å².